The van der Waals surface area contributed by atoms with E-state index in [1.54, 1.807) is 36.2 Å². The molecule has 4 rings (SSSR count). The third-order valence-corrected chi connectivity index (χ3v) is 4.66. The van der Waals surface area contributed by atoms with Gasteiger partial charge in [0, 0.05) is 5.69 Å². The Labute approximate surface area is 180 Å². The van der Waals surface area contributed by atoms with Crippen LogP contribution in [0.15, 0.2) is 53.1 Å². The Hall–Kier alpha value is -3.73. The van der Waals surface area contributed by atoms with E-state index in [9.17, 15) is 23.1 Å². The Bertz CT molecular complexity index is 1110. The van der Waals surface area contributed by atoms with Crippen LogP contribution in [-0.4, -0.2) is 41.6 Å². The van der Waals surface area contributed by atoms with Crippen molar-refractivity contribution >= 4 is 23.3 Å². The topological polar surface area (TPSA) is 97.1 Å². The first kappa shape index (κ1) is 21.5. The van der Waals surface area contributed by atoms with E-state index in [2.05, 4.69) is 15.0 Å². The highest BCUT2D eigenvalue weighted by atomic mass is 19.4. The van der Waals surface area contributed by atoms with Gasteiger partial charge >= 0.3 is 12.4 Å². The van der Waals surface area contributed by atoms with Crippen LogP contribution in [0.2, 0.25) is 0 Å². The number of rotatable bonds is 5. The van der Waals surface area contributed by atoms with Crippen LogP contribution in [0, 0.1) is 6.92 Å². The largest absolute Gasteiger partial charge is 0.573 e. The van der Waals surface area contributed by atoms with Crippen LogP contribution in [0.1, 0.15) is 16.1 Å². The van der Waals surface area contributed by atoms with Gasteiger partial charge in [0.05, 0.1) is 30.1 Å². The van der Waals surface area contributed by atoms with Gasteiger partial charge in [-0.3, -0.25) is 9.69 Å². The van der Waals surface area contributed by atoms with Gasteiger partial charge in [-0.2, -0.15) is 0 Å². The normalized spacial score (nSPS) is 15.7. The molecule has 0 fully saturated rings. The summed E-state index contributed by atoms with van der Waals surface area (Å²) in [6.45, 7) is 1.59. The van der Waals surface area contributed by atoms with Gasteiger partial charge in [-0.15, -0.1) is 13.2 Å². The van der Waals surface area contributed by atoms with Gasteiger partial charge in [-0.05, 0) is 43.3 Å². The fraction of sp³-hybridized carbons (Fsp3) is 0.238. The Kier molecular flexibility index (Phi) is 5.66. The molecule has 0 saturated carbocycles. The Balaban J connectivity index is 1.60. The molecule has 8 nitrogen and oxygen atoms in total. The first-order valence-electron chi connectivity index (χ1n) is 9.50. The molecule has 32 heavy (non-hydrogen) atoms. The number of hydrogen-bond acceptors (Lipinski definition) is 7. The van der Waals surface area contributed by atoms with Crippen molar-refractivity contribution in [2.24, 2.45) is 0 Å². The molecule has 1 aromatic heterocycles. The predicted octanol–water partition coefficient (Wildman–Crippen LogP) is 4.03. The molecule has 0 radical (unpaired) electrons. The number of amides is 1. The lowest BCUT2D eigenvalue weighted by Gasteiger charge is -2.35. The van der Waals surface area contributed by atoms with E-state index < -0.39 is 24.1 Å². The lowest BCUT2D eigenvalue weighted by Crippen LogP contribution is -2.43. The van der Waals surface area contributed by atoms with Crippen molar-refractivity contribution in [2.75, 3.05) is 23.4 Å². The summed E-state index contributed by atoms with van der Waals surface area (Å²) in [7, 11) is 0. The molecule has 2 heterocycles. The third kappa shape index (κ3) is 4.47. The number of nitrogens with one attached hydrogen (secondary N) is 1. The van der Waals surface area contributed by atoms with Crippen molar-refractivity contribution in [2.45, 2.75) is 19.3 Å². The minimum atomic E-state index is -4.80. The number of aromatic nitrogens is 1. The second-order valence-corrected chi connectivity index (χ2v) is 6.95. The SMILES string of the molecule is Cc1cnc(N2c3cccc(C(=O)Nc4ccc(OC(F)(F)F)cc4)c3OC[C@@H]2CO)o1. The molecule has 2 aromatic carbocycles. The van der Waals surface area contributed by atoms with Gasteiger partial charge in [0.2, 0.25) is 0 Å². The van der Waals surface area contributed by atoms with E-state index in [1.165, 1.54) is 12.1 Å². The second kappa shape index (κ2) is 8.42. The first-order valence-corrected chi connectivity index (χ1v) is 9.50. The van der Waals surface area contributed by atoms with E-state index in [1.807, 2.05) is 0 Å². The minimum Gasteiger partial charge on any atom is -0.488 e. The number of carbonyl (C=O) groups is 1. The fourth-order valence-corrected chi connectivity index (χ4v) is 3.28. The molecule has 0 saturated heterocycles. The number of halogens is 3. The number of nitrogens with zero attached hydrogens (tertiary/aromatic N) is 2. The van der Waals surface area contributed by atoms with Gasteiger partial charge in [-0.25, -0.2) is 4.98 Å². The van der Waals surface area contributed by atoms with Crippen LogP contribution < -0.4 is 19.7 Å². The summed E-state index contributed by atoms with van der Waals surface area (Å²) in [5.74, 6) is -0.0840. The molecule has 1 aliphatic rings. The van der Waals surface area contributed by atoms with Crippen molar-refractivity contribution in [3.8, 4) is 11.5 Å². The number of aliphatic hydroxyl groups is 1. The molecule has 1 atom stereocenters. The zero-order valence-electron chi connectivity index (χ0n) is 16.7. The lowest BCUT2D eigenvalue weighted by atomic mass is 10.1. The third-order valence-electron chi connectivity index (χ3n) is 4.66. The van der Waals surface area contributed by atoms with Crippen LogP contribution in [0.4, 0.5) is 30.6 Å². The number of oxazole rings is 1. The van der Waals surface area contributed by atoms with E-state index >= 15 is 0 Å². The number of alkyl halides is 3. The molecular weight excluding hydrogens is 431 g/mol. The van der Waals surface area contributed by atoms with Gasteiger partial charge < -0.3 is 24.3 Å². The summed E-state index contributed by atoms with van der Waals surface area (Å²) >= 11 is 0. The van der Waals surface area contributed by atoms with Crippen molar-refractivity contribution in [1.29, 1.82) is 0 Å². The summed E-state index contributed by atoms with van der Waals surface area (Å²) in [5, 5.41) is 12.4. The van der Waals surface area contributed by atoms with Gasteiger partial charge in [0.1, 0.15) is 18.1 Å². The van der Waals surface area contributed by atoms with Gasteiger partial charge in [0.15, 0.2) is 5.75 Å². The van der Waals surface area contributed by atoms with Crippen molar-refractivity contribution in [3.63, 3.8) is 0 Å². The number of benzene rings is 2. The van der Waals surface area contributed by atoms with Crippen LogP contribution in [-0.2, 0) is 0 Å². The number of ether oxygens (including phenoxy) is 2. The smallest absolute Gasteiger partial charge is 0.488 e. The second-order valence-electron chi connectivity index (χ2n) is 6.95. The average molecular weight is 449 g/mol. The summed E-state index contributed by atoms with van der Waals surface area (Å²) in [6.07, 6.45) is -3.26. The molecule has 1 aliphatic heterocycles. The number of hydrogen-bond donors (Lipinski definition) is 2. The quantitative estimate of drug-likeness (QED) is 0.607. The summed E-state index contributed by atoms with van der Waals surface area (Å²) < 4.78 is 52.1. The molecule has 0 unspecified atom stereocenters. The van der Waals surface area contributed by atoms with E-state index in [0.717, 1.165) is 12.1 Å². The molecule has 3 aromatic rings. The molecule has 0 bridgehead atoms. The first-order chi connectivity index (χ1) is 15.2. The number of aliphatic hydroxyl groups excluding tert-OH is 1. The molecule has 1 amide bonds. The molecule has 0 aliphatic carbocycles. The van der Waals surface area contributed by atoms with E-state index in [4.69, 9.17) is 9.15 Å². The number of fused-ring (bicyclic) bond motifs is 1. The zero-order valence-corrected chi connectivity index (χ0v) is 16.7. The van der Waals surface area contributed by atoms with Crippen molar-refractivity contribution < 1.29 is 37.0 Å². The molecular formula is C21H18F3N3O5. The van der Waals surface area contributed by atoms with E-state index in [0.29, 0.717) is 11.4 Å². The van der Waals surface area contributed by atoms with Crippen molar-refractivity contribution in [3.05, 3.63) is 60.0 Å². The number of anilines is 3. The van der Waals surface area contributed by atoms with Crippen molar-refractivity contribution in [1.82, 2.24) is 4.98 Å². The molecule has 11 heteroatoms. The molecule has 2 N–H and O–H groups in total. The summed E-state index contributed by atoms with van der Waals surface area (Å²) in [4.78, 5) is 18.8. The average Bonchev–Trinajstić information content (AvgIpc) is 3.18. The number of para-hydroxylation sites is 1. The maximum absolute atomic E-state index is 12.9. The maximum Gasteiger partial charge on any atom is 0.573 e. The zero-order chi connectivity index (χ0) is 22.9. The Morgan fingerprint density at radius 1 is 1.28 bits per heavy atom. The Morgan fingerprint density at radius 2 is 2.03 bits per heavy atom. The lowest BCUT2D eigenvalue weighted by molar-refractivity contribution is -0.274. The number of aryl methyl sites for hydroxylation is 1. The number of carbonyl (C=O) groups excluding carboxylic acids is 1. The summed E-state index contributed by atoms with van der Waals surface area (Å²) in [6, 6.07) is 9.45. The minimum absolute atomic E-state index is 0.0820. The highest BCUT2D eigenvalue weighted by molar-refractivity contribution is 6.07. The highest BCUT2D eigenvalue weighted by Crippen LogP contribution is 2.41. The van der Waals surface area contributed by atoms with Gasteiger partial charge in [-0.1, -0.05) is 6.07 Å². The van der Waals surface area contributed by atoms with Crippen LogP contribution in [0.3, 0.4) is 0 Å². The standard InChI is InChI=1S/C21H18F3N3O5/c1-12-9-25-20(31-12)27-14(10-28)11-30-18-16(3-2-4-17(18)27)19(29)26-13-5-7-15(8-6-13)32-21(22,23)24/h2-9,14,28H,10-11H2,1H3,(H,26,29)/t14-/m0/s1. The van der Waals surface area contributed by atoms with Crippen LogP contribution in [0.5, 0.6) is 11.5 Å². The predicted molar refractivity (Wildman–Crippen MR) is 107 cm³/mol. The maximum atomic E-state index is 12.9. The highest BCUT2D eigenvalue weighted by Gasteiger charge is 2.34. The van der Waals surface area contributed by atoms with Crippen LogP contribution >= 0.6 is 0 Å². The van der Waals surface area contributed by atoms with E-state index in [-0.39, 0.29) is 36.2 Å². The van der Waals surface area contributed by atoms with Gasteiger partial charge in [0.25, 0.3) is 5.91 Å². The summed E-state index contributed by atoms with van der Waals surface area (Å²) in [5.41, 5.74) is 0.952. The fourth-order valence-electron chi connectivity index (χ4n) is 3.28. The Morgan fingerprint density at radius 3 is 2.66 bits per heavy atom. The molecule has 0 spiro atoms. The monoisotopic (exact) mass is 449 g/mol. The molecule has 168 valence electrons. The van der Waals surface area contributed by atoms with Crippen LogP contribution in [0.25, 0.3) is 0 Å².